The first-order valence-corrected chi connectivity index (χ1v) is 10.5. The summed E-state index contributed by atoms with van der Waals surface area (Å²) < 4.78 is 29.1. The number of anilines is 1. The average Bonchev–Trinajstić information content (AvgIpc) is 2.66. The molecule has 0 aromatic heterocycles. The highest BCUT2D eigenvalue weighted by Crippen LogP contribution is 2.39. The van der Waals surface area contributed by atoms with Crippen molar-refractivity contribution >= 4 is 31.6 Å². The second kappa shape index (κ2) is 6.87. The molecule has 0 aliphatic carbocycles. The Bertz CT molecular complexity index is 1020. The van der Waals surface area contributed by atoms with Crippen LogP contribution in [0.4, 0.5) is 5.69 Å². The fraction of sp³-hybridized carbons (Fsp3) is 0.100. The third-order valence-corrected chi connectivity index (χ3v) is 6.82. The van der Waals surface area contributed by atoms with Gasteiger partial charge in [-0.2, -0.15) is 4.31 Å². The Labute approximate surface area is 161 Å². The largest absolute Gasteiger partial charge is 0.364 e. The van der Waals surface area contributed by atoms with Gasteiger partial charge in [0.1, 0.15) is 11.1 Å². The molecule has 4 rings (SSSR count). The molecule has 0 radical (unpaired) electrons. The van der Waals surface area contributed by atoms with E-state index < -0.39 is 16.2 Å². The molecule has 1 atom stereocenters. The average molecular weight is 429 g/mol. The number of halogens is 1. The van der Waals surface area contributed by atoms with Gasteiger partial charge in [-0.25, -0.2) is 8.42 Å². The summed E-state index contributed by atoms with van der Waals surface area (Å²) >= 11 is 3.43. The van der Waals surface area contributed by atoms with Crippen LogP contribution in [0.15, 0.2) is 88.2 Å². The van der Waals surface area contributed by atoms with Gasteiger partial charge in [0.2, 0.25) is 10.0 Å². The van der Waals surface area contributed by atoms with Gasteiger partial charge in [0, 0.05) is 11.0 Å². The fourth-order valence-electron chi connectivity index (χ4n) is 3.13. The van der Waals surface area contributed by atoms with Crippen molar-refractivity contribution in [1.82, 2.24) is 4.31 Å². The van der Waals surface area contributed by atoms with Crippen LogP contribution in [-0.4, -0.2) is 12.7 Å². The summed E-state index contributed by atoms with van der Waals surface area (Å²) in [4.78, 5) is 0.310. The number of rotatable bonds is 3. The third-order valence-electron chi connectivity index (χ3n) is 4.42. The van der Waals surface area contributed by atoms with E-state index in [-0.39, 0.29) is 0 Å². The van der Waals surface area contributed by atoms with E-state index in [1.807, 2.05) is 60.7 Å². The molecule has 1 heterocycles. The summed E-state index contributed by atoms with van der Waals surface area (Å²) in [6.45, 7) is 0.297. The molecule has 26 heavy (non-hydrogen) atoms. The highest BCUT2D eigenvalue weighted by molar-refractivity contribution is 9.10. The summed E-state index contributed by atoms with van der Waals surface area (Å²) in [7, 11) is -3.63. The van der Waals surface area contributed by atoms with Gasteiger partial charge in [-0.15, -0.1) is 0 Å². The van der Waals surface area contributed by atoms with Crippen LogP contribution in [0.3, 0.4) is 0 Å². The Balaban J connectivity index is 1.83. The lowest BCUT2D eigenvalue weighted by Crippen LogP contribution is -2.42. The van der Waals surface area contributed by atoms with Gasteiger partial charge in [0.15, 0.2) is 0 Å². The van der Waals surface area contributed by atoms with Crippen molar-refractivity contribution < 1.29 is 8.42 Å². The Morgan fingerprint density at radius 3 is 2.27 bits per heavy atom. The van der Waals surface area contributed by atoms with Crippen LogP contribution >= 0.6 is 15.9 Å². The van der Waals surface area contributed by atoms with Crippen molar-refractivity contribution in [1.29, 1.82) is 0 Å². The monoisotopic (exact) mass is 428 g/mol. The maximum Gasteiger partial charge on any atom is 0.247 e. The van der Waals surface area contributed by atoms with Gasteiger partial charge in [-0.1, -0.05) is 70.5 Å². The van der Waals surface area contributed by atoms with Gasteiger partial charge in [-0.05, 0) is 35.4 Å². The van der Waals surface area contributed by atoms with Crippen LogP contribution in [0.1, 0.15) is 17.3 Å². The summed E-state index contributed by atoms with van der Waals surface area (Å²) in [6.07, 6.45) is -0.469. The topological polar surface area (TPSA) is 49.4 Å². The van der Waals surface area contributed by atoms with Gasteiger partial charge < -0.3 is 5.32 Å². The molecule has 0 saturated heterocycles. The molecule has 1 aliphatic rings. The second-order valence-electron chi connectivity index (χ2n) is 6.13. The number of para-hydroxylation sites is 1. The molecular weight excluding hydrogens is 412 g/mol. The highest BCUT2D eigenvalue weighted by atomic mass is 79.9. The van der Waals surface area contributed by atoms with Crippen molar-refractivity contribution in [2.24, 2.45) is 0 Å². The molecule has 1 aliphatic heterocycles. The molecule has 6 heteroatoms. The van der Waals surface area contributed by atoms with Crippen molar-refractivity contribution in [3.8, 4) is 0 Å². The molecule has 4 nitrogen and oxygen atoms in total. The SMILES string of the molecule is O=S1(=O)c2ccccc2NC(c2ccc(Br)cc2)N1Cc1ccccc1. The van der Waals surface area contributed by atoms with E-state index in [4.69, 9.17) is 0 Å². The van der Waals surface area contributed by atoms with Crippen LogP contribution in [0.5, 0.6) is 0 Å². The highest BCUT2D eigenvalue weighted by Gasteiger charge is 2.38. The first kappa shape index (κ1) is 17.3. The zero-order valence-corrected chi connectivity index (χ0v) is 16.2. The second-order valence-corrected chi connectivity index (χ2v) is 8.91. The minimum atomic E-state index is -3.63. The quantitative estimate of drug-likeness (QED) is 0.653. The van der Waals surface area contributed by atoms with E-state index in [2.05, 4.69) is 21.2 Å². The molecule has 0 spiro atoms. The van der Waals surface area contributed by atoms with E-state index in [9.17, 15) is 8.42 Å². The van der Waals surface area contributed by atoms with Crippen molar-refractivity contribution in [2.75, 3.05) is 5.32 Å². The predicted octanol–water partition coefficient (Wildman–Crippen LogP) is 4.76. The zero-order valence-electron chi connectivity index (χ0n) is 13.8. The normalized spacial score (nSPS) is 18.7. The van der Waals surface area contributed by atoms with E-state index in [1.165, 1.54) is 4.31 Å². The van der Waals surface area contributed by atoms with Crippen molar-refractivity contribution in [3.05, 3.63) is 94.5 Å². The van der Waals surface area contributed by atoms with E-state index in [0.717, 1.165) is 15.6 Å². The van der Waals surface area contributed by atoms with Gasteiger partial charge >= 0.3 is 0 Å². The maximum atomic E-state index is 13.3. The Morgan fingerprint density at radius 2 is 1.54 bits per heavy atom. The number of benzene rings is 3. The number of sulfonamides is 1. The molecule has 3 aromatic rings. The molecule has 0 saturated carbocycles. The van der Waals surface area contributed by atoms with Crippen LogP contribution in [0, 0.1) is 0 Å². The first-order valence-electron chi connectivity index (χ1n) is 8.22. The van der Waals surface area contributed by atoms with Crippen molar-refractivity contribution in [2.45, 2.75) is 17.6 Å². The van der Waals surface area contributed by atoms with Crippen molar-refractivity contribution in [3.63, 3.8) is 0 Å². The minimum absolute atomic E-state index is 0.297. The molecule has 0 fully saturated rings. The first-order chi connectivity index (χ1) is 12.6. The lowest BCUT2D eigenvalue weighted by molar-refractivity contribution is 0.336. The standard InChI is InChI=1S/C20H17BrN2O2S/c21-17-12-10-16(11-13-17)20-22-18-8-4-5-9-19(18)26(24,25)23(20)14-15-6-2-1-3-7-15/h1-13,20,22H,14H2. The van der Waals surface area contributed by atoms with E-state index in [1.54, 1.807) is 18.2 Å². The lowest BCUT2D eigenvalue weighted by atomic mass is 10.1. The minimum Gasteiger partial charge on any atom is -0.364 e. The Morgan fingerprint density at radius 1 is 0.885 bits per heavy atom. The Hall–Kier alpha value is -2.15. The third kappa shape index (κ3) is 3.16. The maximum absolute atomic E-state index is 13.3. The summed E-state index contributed by atoms with van der Waals surface area (Å²) in [5, 5.41) is 3.39. The summed E-state index contributed by atoms with van der Waals surface area (Å²) in [5.41, 5.74) is 2.46. The Kier molecular flexibility index (Phi) is 4.56. The van der Waals surface area contributed by atoms with Crippen LogP contribution < -0.4 is 5.32 Å². The van der Waals surface area contributed by atoms with E-state index >= 15 is 0 Å². The molecule has 1 unspecified atom stereocenters. The zero-order chi connectivity index (χ0) is 18.1. The molecule has 1 N–H and O–H groups in total. The number of hydrogen-bond acceptors (Lipinski definition) is 3. The number of nitrogens with one attached hydrogen (secondary N) is 1. The van der Waals surface area contributed by atoms with Gasteiger partial charge in [-0.3, -0.25) is 0 Å². The predicted molar refractivity (Wildman–Crippen MR) is 106 cm³/mol. The van der Waals surface area contributed by atoms with Gasteiger partial charge in [0.05, 0.1) is 5.69 Å². The molecule has 3 aromatic carbocycles. The smallest absolute Gasteiger partial charge is 0.247 e. The van der Waals surface area contributed by atoms with Crippen LogP contribution in [0.2, 0.25) is 0 Å². The number of hydrogen-bond donors (Lipinski definition) is 1. The fourth-order valence-corrected chi connectivity index (χ4v) is 5.07. The van der Waals surface area contributed by atoms with Gasteiger partial charge in [0.25, 0.3) is 0 Å². The van der Waals surface area contributed by atoms with Crippen LogP contribution in [-0.2, 0) is 16.6 Å². The lowest BCUT2D eigenvalue weighted by Gasteiger charge is -2.37. The molecule has 132 valence electrons. The number of nitrogens with zero attached hydrogens (tertiary/aromatic N) is 1. The summed E-state index contributed by atoms with van der Waals surface area (Å²) in [5.74, 6) is 0. The van der Waals surface area contributed by atoms with E-state index in [0.29, 0.717) is 17.1 Å². The summed E-state index contributed by atoms with van der Waals surface area (Å²) in [6, 6.07) is 24.4. The molecular formula is C20H17BrN2O2S. The molecule has 0 bridgehead atoms. The number of fused-ring (bicyclic) bond motifs is 1. The van der Waals surface area contributed by atoms with Crippen LogP contribution in [0.25, 0.3) is 0 Å². The molecule has 0 amide bonds.